The van der Waals surface area contributed by atoms with Crippen molar-refractivity contribution in [3.05, 3.63) is 47.2 Å². The Kier molecular flexibility index (Phi) is 6.12. The van der Waals surface area contributed by atoms with Crippen molar-refractivity contribution >= 4 is 11.6 Å². The van der Waals surface area contributed by atoms with Gasteiger partial charge in [-0.1, -0.05) is 23.7 Å². The molecule has 2 aromatic rings. The highest BCUT2D eigenvalue weighted by Gasteiger charge is 2.07. The SMILES string of the molecule is CCOCCCNCc1ccc(-c2ccccc2Cl)o1. The van der Waals surface area contributed by atoms with Gasteiger partial charge in [0.2, 0.25) is 0 Å². The van der Waals surface area contributed by atoms with Gasteiger partial charge < -0.3 is 14.5 Å². The Bertz CT molecular complexity index is 525. The molecule has 20 heavy (non-hydrogen) atoms. The van der Waals surface area contributed by atoms with Gasteiger partial charge in [0, 0.05) is 18.8 Å². The maximum Gasteiger partial charge on any atom is 0.135 e. The molecule has 2 rings (SSSR count). The van der Waals surface area contributed by atoms with Crippen LogP contribution in [0.4, 0.5) is 0 Å². The molecule has 0 unspecified atom stereocenters. The molecule has 4 heteroatoms. The van der Waals surface area contributed by atoms with Crippen molar-refractivity contribution in [1.82, 2.24) is 5.32 Å². The molecule has 0 aliphatic rings. The van der Waals surface area contributed by atoms with E-state index in [1.165, 1.54) is 0 Å². The summed E-state index contributed by atoms with van der Waals surface area (Å²) in [5, 5.41) is 4.04. The predicted octanol–water partition coefficient (Wildman–Crippen LogP) is 4.12. The number of hydrogen-bond donors (Lipinski definition) is 1. The molecule has 1 aromatic carbocycles. The monoisotopic (exact) mass is 293 g/mol. The Labute approximate surface area is 124 Å². The van der Waals surface area contributed by atoms with Crippen molar-refractivity contribution in [3.8, 4) is 11.3 Å². The van der Waals surface area contributed by atoms with E-state index in [1.807, 2.05) is 43.3 Å². The Hall–Kier alpha value is -1.29. The quantitative estimate of drug-likeness (QED) is 0.744. The highest BCUT2D eigenvalue weighted by Crippen LogP contribution is 2.28. The number of halogens is 1. The Morgan fingerprint density at radius 1 is 1.20 bits per heavy atom. The first-order valence-corrected chi connectivity index (χ1v) is 7.31. The average molecular weight is 294 g/mol. The summed E-state index contributed by atoms with van der Waals surface area (Å²) in [6.07, 6.45) is 1.01. The molecule has 1 heterocycles. The van der Waals surface area contributed by atoms with E-state index in [2.05, 4.69) is 5.32 Å². The summed E-state index contributed by atoms with van der Waals surface area (Å²) >= 11 is 6.15. The third kappa shape index (κ3) is 4.37. The fourth-order valence-electron chi connectivity index (χ4n) is 1.93. The molecule has 0 saturated carbocycles. The molecule has 108 valence electrons. The van der Waals surface area contributed by atoms with Gasteiger partial charge in [-0.15, -0.1) is 0 Å². The standard InChI is InChI=1S/C16H20ClNO2/c1-2-19-11-5-10-18-12-13-8-9-16(20-13)14-6-3-4-7-15(14)17/h3-4,6-9,18H,2,5,10-12H2,1H3. The third-order valence-electron chi connectivity index (χ3n) is 2.95. The molecule has 3 nitrogen and oxygen atoms in total. The minimum absolute atomic E-state index is 0.707. The van der Waals surface area contributed by atoms with Gasteiger partial charge in [-0.05, 0) is 44.2 Å². The Balaban J connectivity index is 1.82. The molecule has 0 atom stereocenters. The number of benzene rings is 1. The fraction of sp³-hybridized carbons (Fsp3) is 0.375. The van der Waals surface area contributed by atoms with Crippen LogP contribution >= 0.6 is 11.6 Å². The summed E-state index contributed by atoms with van der Waals surface area (Å²) in [7, 11) is 0. The van der Waals surface area contributed by atoms with Crippen LogP contribution in [0.5, 0.6) is 0 Å². The number of rotatable bonds is 8. The van der Waals surface area contributed by atoms with E-state index < -0.39 is 0 Å². The molecule has 1 N–H and O–H groups in total. The molecule has 0 saturated heterocycles. The molecule has 0 spiro atoms. The second-order valence-electron chi connectivity index (χ2n) is 4.47. The van der Waals surface area contributed by atoms with E-state index in [-0.39, 0.29) is 0 Å². The molecule has 0 aliphatic carbocycles. The highest BCUT2D eigenvalue weighted by molar-refractivity contribution is 6.33. The second-order valence-corrected chi connectivity index (χ2v) is 4.88. The lowest BCUT2D eigenvalue weighted by molar-refractivity contribution is 0.144. The minimum Gasteiger partial charge on any atom is -0.460 e. The van der Waals surface area contributed by atoms with Crippen LogP contribution in [0.3, 0.4) is 0 Å². The first-order valence-electron chi connectivity index (χ1n) is 6.93. The van der Waals surface area contributed by atoms with Gasteiger partial charge in [0.15, 0.2) is 0 Å². The molecular weight excluding hydrogens is 274 g/mol. The zero-order valence-corrected chi connectivity index (χ0v) is 12.5. The predicted molar refractivity (Wildman–Crippen MR) is 82.0 cm³/mol. The molecule has 0 bridgehead atoms. The summed E-state index contributed by atoms with van der Waals surface area (Å²) in [4.78, 5) is 0. The average Bonchev–Trinajstić information content (AvgIpc) is 2.92. The van der Waals surface area contributed by atoms with E-state index in [9.17, 15) is 0 Å². The van der Waals surface area contributed by atoms with Crippen LogP contribution in [0.2, 0.25) is 5.02 Å². The summed E-state index contributed by atoms with van der Waals surface area (Å²) in [6.45, 7) is 5.22. The maximum atomic E-state index is 6.15. The zero-order chi connectivity index (χ0) is 14.2. The van der Waals surface area contributed by atoms with Crippen LogP contribution in [-0.4, -0.2) is 19.8 Å². The minimum atomic E-state index is 0.707. The van der Waals surface area contributed by atoms with Gasteiger partial charge in [-0.25, -0.2) is 0 Å². The molecule has 0 fully saturated rings. The maximum absolute atomic E-state index is 6.15. The molecular formula is C16H20ClNO2. The number of nitrogens with one attached hydrogen (secondary N) is 1. The lowest BCUT2D eigenvalue weighted by Crippen LogP contribution is -2.15. The number of ether oxygens (including phenoxy) is 1. The van der Waals surface area contributed by atoms with Crippen LogP contribution < -0.4 is 5.32 Å². The van der Waals surface area contributed by atoms with Crippen molar-refractivity contribution in [1.29, 1.82) is 0 Å². The van der Waals surface area contributed by atoms with Gasteiger partial charge >= 0.3 is 0 Å². The van der Waals surface area contributed by atoms with E-state index in [0.29, 0.717) is 5.02 Å². The van der Waals surface area contributed by atoms with Crippen molar-refractivity contribution < 1.29 is 9.15 Å². The lowest BCUT2D eigenvalue weighted by atomic mass is 10.2. The highest BCUT2D eigenvalue weighted by atomic mass is 35.5. The topological polar surface area (TPSA) is 34.4 Å². The van der Waals surface area contributed by atoms with Crippen molar-refractivity contribution in [2.45, 2.75) is 19.9 Å². The van der Waals surface area contributed by atoms with Gasteiger partial charge in [0.25, 0.3) is 0 Å². The van der Waals surface area contributed by atoms with E-state index in [4.69, 9.17) is 20.8 Å². The molecule has 0 amide bonds. The second kappa shape index (κ2) is 8.10. The zero-order valence-electron chi connectivity index (χ0n) is 11.7. The van der Waals surface area contributed by atoms with Crippen molar-refractivity contribution in [2.24, 2.45) is 0 Å². The Morgan fingerprint density at radius 2 is 2.05 bits per heavy atom. The fourth-order valence-corrected chi connectivity index (χ4v) is 2.16. The van der Waals surface area contributed by atoms with Gasteiger partial charge in [0.05, 0.1) is 11.6 Å². The van der Waals surface area contributed by atoms with Gasteiger partial charge in [0.1, 0.15) is 11.5 Å². The van der Waals surface area contributed by atoms with Crippen molar-refractivity contribution in [2.75, 3.05) is 19.8 Å². The normalized spacial score (nSPS) is 10.9. The largest absolute Gasteiger partial charge is 0.460 e. The smallest absolute Gasteiger partial charge is 0.135 e. The van der Waals surface area contributed by atoms with Crippen LogP contribution in [0.25, 0.3) is 11.3 Å². The summed E-state index contributed by atoms with van der Waals surface area (Å²) < 4.78 is 11.1. The number of furan rings is 1. The van der Waals surface area contributed by atoms with Gasteiger partial charge in [-0.3, -0.25) is 0 Å². The van der Waals surface area contributed by atoms with E-state index >= 15 is 0 Å². The van der Waals surface area contributed by atoms with E-state index in [0.717, 1.165) is 49.8 Å². The van der Waals surface area contributed by atoms with E-state index in [1.54, 1.807) is 0 Å². The summed E-state index contributed by atoms with van der Waals surface area (Å²) in [6, 6.07) is 11.6. The summed E-state index contributed by atoms with van der Waals surface area (Å²) in [5.74, 6) is 1.72. The molecule has 1 aromatic heterocycles. The number of hydrogen-bond acceptors (Lipinski definition) is 3. The summed E-state index contributed by atoms with van der Waals surface area (Å²) in [5.41, 5.74) is 0.928. The third-order valence-corrected chi connectivity index (χ3v) is 3.28. The Morgan fingerprint density at radius 3 is 2.85 bits per heavy atom. The molecule has 0 radical (unpaired) electrons. The van der Waals surface area contributed by atoms with Crippen LogP contribution in [-0.2, 0) is 11.3 Å². The van der Waals surface area contributed by atoms with Crippen molar-refractivity contribution in [3.63, 3.8) is 0 Å². The molecule has 0 aliphatic heterocycles. The first-order chi connectivity index (χ1) is 9.81. The van der Waals surface area contributed by atoms with Gasteiger partial charge in [-0.2, -0.15) is 0 Å². The lowest BCUT2D eigenvalue weighted by Gasteiger charge is -2.03. The van der Waals surface area contributed by atoms with Crippen LogP contribution in [0, 0.1) is 0 Å². The van der Waals surface area contributed by atoms with Crippen LogP contribution in [0.1, 0.15) is 19.1 Å². The first kappa shape index (κ1) is 15.1. The van der Waals surface area contributed by atoms with Crippen LogP contribution in [0.15, 0.2) is 40.8 Å².